The zero-order valence-corrected chi connectivity index (χ0v) is 13.7. The molecule has 1 aliphatic heterocycles. The number of ether oxygens (including phenoxy) is 1. The molecule has 0 unspecified atom stereocenters. The van der Waals surface area contributed by atoms with Gasteiger partial charge in [0, 0.05) is 19.1 Å². The molecule has 1 N–H and O–H groups in total. The first-order valence-corrected chi connectivity index (χ1v) is 8.76. The zero-order valence-electron chi connectivity index (χ0n) is 12.9. The van der Waals surface area contributed by atoms with E-state index in [9.17, 15) is 8.42 Å². The van der Waals surface area contributed by atoms with Crippen molar-refractivity contribution in [3.63, 3.8) is 0 Å². The molecule has 1 aliphatic rings. The summed E-state index contributed by atoms with van der Waals surface area (Å²) in [6.07, 6.45) is 0.629. The van der Waals surface area contributed by atoms with Gasteiger partial charge in [0.1, 0.15) is 0 Å². The third-order valence-electron chi connectivity index (χ3n) is 3.64. The summed E-state index contributed by atoms with van der Waals surface area (Å²) in [5.41, 5.74) is 2.33. The Morgan fingerprint density at radius 3 is 2.86 bits per heavy atom. The van der Waals surface area contributed by atoms with Crippen LogP contribution < -0.4 is 4.72 Å². The van der Waals surface area contributed by atoms with Gasteiger partial charge in [-0.05, 0) is 32.8 Å². The van der Waals surface area contributed by atoms with Crippen LogP contribution in [0.25, 0.3) is 0 Å². The van der Waals surface area contributed by atoms with Crippen molar-refractivity contribution in [2.75, 3.05) is 19.7 Å². The molecule has 0 spiro atoms. The summed E-state index contributed by atoms with van der Waals surface area (Å²) in [6.45, 7) is 7.04. The number of morpholine rings is 1. The Kier molecular flexibility index (Phi) is 5.37. The van der Waals surface area contributed by atoms with Gasteiger partial charge in [-0.15, -0.1) is 0 Å². The van der Waals surface area contributed by atoms with Gasteiger partial charge in [-0.3, -0.25) is 0 Å². The number of hydrogen-bond acceptors (Lipinski definition) is 3. The Morgan fingerprint density at radius 2 is 2.14 bits per heavy atom. The minimum absolute atomic E-state index is 0.0606. The van der Waals surface area contributed by atoms with E-state index in [2.05, 4.69) is 10.8 Å². The second-order valence-electron chi connectivity index (χ2n) is 5.70. The summed E-state index contributed by atoms with van der Waals surface area (Å²) in [4.78, 5) is 0. The molecule has 1 fully saturated rings. The van der Waals surface area contributed by atoms with E-state index in [1.807, 2.05) is 39.0 Å². The first-order valence-electron chi connectivity index (χ1n) is 7.32. The molecule has 0 radical (unpaired) electrons. The maximum Gasteiger partial charge on any atom is 0.279 e. The molecule has 2 atom stereocenters. The van der Waals surface area contributed by atoms with Crippen LogP contribution in [0.3, 0.4) is 0 Å². The standard InChI is InChI=1S/C15H24N2O3S/c1-12-5-4-6-15(9-12)7-8-16-21(18,19)17-10-14(3)20-11-13(17)2/h4-6,9,13-14,16H,7-8,10-11H2,1-3H3/t13-,14+/m1/s1. The molecule has 1 heterocycles. The van der Waals surface area contributed by atoms with Crippen molar-refractivity contribution in [1.82, 2.24) is 9.03 Å². The average molecular weight is 312 g/mol. The molecule has 2 rings (SSSR count). The van der Waals surface area contributed by atoms with Crippen LogP contribution in [0.2, 0.25) is 0 Å². The van der Waals surface area contributed by atoms with Gasteiger partial charge in [-0.2, -0.15) is 12.7 Å². The highest BCUT2D eigenvalue weighted by atomic mass is 32.2. The molecule has 21 heavy (non-hydrogen) atoms. The van der Waals surface area contributed by atoms with Crippen molar-refractivity contribution in [3.05, 3.63) is 35.4 Å². The van der Waals surface area contributed by atoms with Gasteiger partial charge in [-0.25, -0.2) is 4.72 Å². The number of hydrogen-bond donors (Lipinski definition) is 1. The van der Waals surface area contributed by atoms with E-state index in [4.69, 9.17) is 4.74 Å². The van der Waals surface area contributed by atoms with Gasteiger partial charge < -0.3 is 4.74 Å². The van der Waals surface area contributed by atoms with E-state index < -0.39 is 10.2 Å². The zero-order chi connectivity index (χ0) is 15.5. The lowest BCUT2D eigenvalue weighted by molar-refractivity contribution is -0.0174. The van der Waals surface area contributed by atoms with E-state index in [1.54, 1.807) is 0 Å². The Labute approximate surface area is 127 Å². The average Bonchev–Trinajstić information content (AvgIpc) is 2.41. The molecule has 0 bridgehead atoms. The molecule has 5 nitrogen and oxygen atoms in total. The van der Waals surface area contributed by atoms with Crippen molar-refractivity contribution >= 4 is 10.2 Å². The van der Waals surface area contributed by atoms with Crippen molar-refractivity contribution in [2.45, 2.75) is 39.3 Å². The SMILES string of the molecule is Cc1cccc(CCNS(=O)(=O)N2C[C@H](C)OC[C@H]2C)c1. The van der Waals surface area contributed by atoms with Gasteiger partial charge in [-0.1, -0.05) is 29.8 Å². The highest BCUT2D eigenvalue weighted by molar-refractivity contribution is 7.87. The van der Waals surface area contributed by atoms with E-state index in [-0.39, 0.29) is 12.1 Å². The summed E-state index contributed by atoms with van der Waals surface area (Å²) in [6, 6.07) is 7.99. The summed E-state index contributed by atoms with van der Waals surface area (Å²) in [5.74, 6) is 0. The van der Waals surface area contributed by atoms with Gasteiger partial charge in [0.05, 0.1) is 12.7 Å². The second kappa shape index (κ2) is 6.87. The normalized spacial score (nSPS) is 24.1. The van der Waals surface area contributed by atoms with E-state index in [0.717, 1.165) is 5.56 Å². The molecule has 0 amide bonds. The fourth-order valence-electron chi connectivity index (χ4n) is 2.48. The molecule has 1 aromatic rings. The van der Waals surface area contributed by atoms with Crippen LogP contribution in [0.15, 0.2) is 24.3 Å². The third-order valence-corrected chi connectivity index (χ3v) is 5.34. The molecular formula is C15H24N2O3S. The van der Waals surface area contributed by atoms with E-state index >= 15 is 0 Å². The van der Waals surface area contributed by atoms with Crippen LogP contribution in [0.4, 0.5) is 0 Å². The monoisotopic (exact) mass is 312 g/mol. The van der Waals surface area contributed by atoms with Gasteiger partial charge in [0.2, 0.25) is 0 Å². The predicted molar refractivity (Wildman–Crippen MR) is 83.4 cm³/mol. The van der Waals surface area contributed by atoms with E-state index in [1.165, 1.54) is 9.87 Å². The first kappa shape index (κ1) is 16.4. The van der Waals surface area contributed by atoms with Gasteiger partial charge in [0.25, 0.3) is 10.2 Å². The van der Waals surface area contributed by atoms with Crippen LogP contribution in [-0.2, 0) is 21.4 Å². The van der Waals surface area contributed by atoms with Crippen molar-refractivity contribution in [1.29, 1.82) is 0 Å². The minimum atomic E-state index is -3.44. The Morgan fingerprint density at radius 1 is 1.38 bits per heavy atom. The van der Waals surface area contributed by atoms with Crippen molar-refractivity contribution in [2.24, 2.45) is 0 Å². The minimum Gasteiger partial charge on any atom is -0.375 e. The third kappa shape index (κ3) is 4.51. The molecule has 118 valence electrons. The van der Waals surface area contributed by atoms with Crippen LogP contribution in [0.1, 0.15) is 25.0 Å². The molecule has 0 aromatic heterocycles. The maximum absolute atomic E-state index is 12.4. The van der Waals surface area contributed by atoms with E-state index in [0.29, 0.717) is 26.1 Å². The number of nitrogens with zero attached hydrogens (tertiary/aromatic N) is 1. The summed E-state index contributed by atoms with van der Waals surface area (Å²) >= 11 is 0. The largest absolute Gasteiger partial charge is 0.375 e. The Balaban J connectivity index is 1.92. The maximum atomic E-state index is 12.4. The lowest BCUT2D eigenvalue weighted by Gasteiger charge is -2.35. The summed E-state index contributed by atoms with van der Waals surface area (Å²) in [7, 11) is -3.44. The highest BCUT2D eigenvalue weighted by Gasteiger charge is 2.32. The molecule has 0 saturated carbocycles. The molecule has 1 saturated heterocycles. The van der Waals surface area contributed by atoms with Crippen molar-refractivity contribution < 1.29 is 13.2 Å². The molecular weight excluding hydrogens is 288 g/mol. The Hall–Kier alpha value is -0.950. The predicted octanol–water partition coefficient (Wildman–Crippen LogP) is 1.48. The molecule has 0 aliphatic carbocycles. The highest BCUT2D eigenvalue weighted by Crippen LogP contribution is 2.14. The van der Waals surface area contributed by atoms with Gasteiger partial charge in [0.15, 0.2) is 0 Å². The van der Waals surface area contributed by atoms with Crippen LogP contribution in [0.5, 0.6) is 0 Å². The molecule has 1 aromatic carbocycles. The Bertz CT molecular complexity index is 574. The number of rotatable bonds is 5. The quantitative estimate of drug-likeness (QED) is 0.896. The number of aryl methyl sites for hydroxylation is 1. The lowest BCUT2D eigenvalue weighted by Crippen LogP contribution is -2.54. The fraction of sp³-hybridized carbons (Fsp3) is 0.600. The van der Waals surface area contributed by atoms with Crippen LogP contribution in [0, 0.1) is 6.92 Å². The first-order chi connectivity index (χ1) is 9.88. The van der Waals surface area contributed by atoms with Crippen molar-refractivity contribution in [3.8, 4) is 0 Å². The lowest BCUT2D eigenvalue weighted by atomic mass is 10.1. The smallest absolute Gasteiger partial charge is 0.279 e. The van der Waals surface area contributed by atoms with Gasteiger partial charge >= 0.3 is 0 Å². The molecule has 6 heteroatoms. The fourth-order valence-corrected chi connectivity index (χ4v) is 3.95. The number of nitrogens with one attached hydrogen (secondary N) is 1. The summed E-state index contributed by atoms with van der Waals surface area (Å²) in [5, 5.41) is 0. The second-order valence-corrected chi connectivity index (χ2v) is 7.41. The van der Waals surface area contributed by atoms with Crippen LogP contribution in [-0.4, -0.2) is 44.6 Å². The topological polar surface area (TPSA) is 58.6 Å². The summed E-state index contributed by atoms with van der Waals surface area (Å²) < 4.78 is 34.4. The number of benzene rings is 1. The van der Waals surface area contributed by atoms with Crippen LogP contribution >= 0.6 is 0 Å².